The summed E-state index contributed by atoms with van der Waals surface area (Å²) in [5, 5.41) is 12.1. The molecule has 1 aromatic rings. The summed E-state index contributed by atoms with van der Waals surface area (Å²) in [6.07, 6.45) is 1.53. The molecule has 48 valence electrons. The number of carbonyl (C=O) groups excluding carboxylic acids is 1. The Morgan fingerprint density at radius 3 is 3.11 bits per heavy atom. The lowest BCUT2D eigenvalue weighted by molar-refractivity contribution is -0.112. The van der Waals surface area contributed by atoms with Gasteiger partial charge in [0.25, 0.3) is 5.88 Å². The van der Waals surface area contributed by atoms with Gasteiger partial charge in [-0.15, -0.1) is 0 Å². The first kappa shape index (κ1) is 5.77. The van der Waals surface area contributed by atoms with Crippen molar-refractivity contribution in [3.63, 3.8) is 0 Å². The monoisotopic (exact) mass is 128 g/mol. The average molecular weight is 128 g/mol. The minimum atomic E-state index is 0.00463. The molecule has 0 fully saturated rings. The Bertz CT molecular complexity index is 184. The molecule has 1 N–H and O–H groups in total. The van der Waals surface area contributed by atoms with E-state index in [-0.39, 0.29) is 12.3 Å². The molecule has 5 nitrogen and oxygen atoms in total. The van der Waals surface area contributed by atoms with Crippen molar-refractivity contribution in [1.82, 2.24) is 5.16 Å². The molecule has 1 heterocycles. The Morgan fingerprint density at radius 1 is 1.89 bits per heavy atom. The van der Waals surface area contributed by atoms with Gasteiger partial charge in [0.15, 0.2) is 0 Å². The van der Waals surface area contributed by atoms with E-state index >= 15 is 0 Å². The normalized spacial score (nSPS) is 9.00. The largest absolute Gasteiger partial charge is 0.336 e. The van der Waals surface area contributed by atoms with Crippen LogP contribution in [0.3, 0.4) is 0 Å². The summed E-state index contributed by atoms with van der Waals surface area (Å²) >= 11 is 0. The molecule has 1 amide bonds. The van der Waals surface area contributed by atoms with Crippen LogP contribution in [-0.2, 0) is 4.79 Å². The molecule has 0 radical (unpaired) electrons. The first-order valence-electron chi connectivity index (χ1n) is 2.18. The molecule has 1 rings (SSSR count). The molecule has 0 spiro atoms. The topological polar surface area (TPSA) is 66.6 Å². The quantitative estimate of drug-likeness (QED) is 0.346. The van der Waals surface area contributed by atoms with Crippen molar-refractivity contribution < 1.29 is 14.5 Å². The van der Waals surface area contributed by atoms with E-state index in [0.29, 0.717) is 5.06 Å². The maximum Gasteiger partial charge on any atom is 0.257 e. The number of hydrogen-bond acceptors (Lipinski definition) is 4. The lowest BCUT2D eigenvalue weighted by Crippen LogP contribution is -2.13. The number of hydroxylamine groups is 1. The van der Waals surface area contributed by atoms with Crippen LogP contribution in [0.2, 0.25) is 0 Å². The first-order valence-corrected chi connectivity index (χ1v) is 2.18. The van der Waals surface area contributed by atoms with Crippen LogP contribution < -0.4 is 5.06 Å². The zero-order chi connectivity index (χ0) is 6.69. The molecule has 0 unspecified atom stereocenters. The van der Waals surface area contributed by atoms with E-state index < -0.39 is 0 Å². The van der Waals surface area contributed by atoms with Crippen LogP contribution in [0, 0.1) is 0 Å². The smallest absolute Gasteiger partial charge is 0.257 e. The molecule has 0 bridgehead atoms. The maximum atomic E-state index is 9.79. The highest BCUT2D eigenvalue weighted by molar-refractivity contribution is 5.67. The van der Waals surface area contributed by atoms with Crippen molar-refractivity contribution in [1.29, 1.82) is 0 Å². The van der Waals surface area contributed by atoms with Crippen LogP contribution in [0.25, 0.3) is 0 Å². The SMILES string of the molecule is O=CN(O)c1ccno1. The van der Waals surface area contributed by atoms with E-state index in [1.54, 1.807) is 0 Å². The fourth-order valence-electron chi connectivity index (χ4n) is 0.379. The Hall–Kier alpha value is -1.36. The Kier molecular flexibility index (Phi) is 1.46. The van der Waals surface area contributed by atoms with E-state index in [1.807, 2.05) is 0 Å². The molecule has 9 heavy (non-hydrogen) atoms. The van der Waals surface area contributed by atoms with Gasteiger partial charge in [-0.05, 0) is 0 Å². The molecule has 1 aromatic heterocycles. The molecule has 0 atom stereocenters. The molecular weight excluding hydrogens is 124 g/mol. The number of anilines is 1. The summed E-state index contributed by atoms with van der Waals surface area (Å²) in [6, 6.07) is 1.36. The van der Waals surface area contributed by atoms with Crippen LogP contribution >= 0.6 is 0 Å². The number of nitrogens with zero attached hydrogens (tertiary/aromatic N) is 2. The molecule has 5 heteroatoms. The number of aromatic nitrogens is 1. The van der Waals surface area contributed by atoms with Crippen LogP contribution in [-0.4, -0.2) is 16.8 Å². The zero-order valence-corrected chi connectivity index (χ0v) is 4.39. The molecule has 0 aromatic carbocycles. The van der Waals surface area contributed by atoms with Crippen LogP contribution in [0.15, 0.2) is 16.8 Å². The Balaban J connectivity index is 2.76. The van der Waals surface area contributed by atoms with Crippen LogP contribution in [0.1, 0.15) is 0 Å². The first-order chi connectivity index (χ1) is 4.34. The summed E-state index contributed by atoms with van der Waals surface area (Å²) in [6.45, 7) is 0. The van der Waals surface area contributed by atoms with Crippen LogP contribution in [0.4, 0.5) is 5.88 Å². The van der Waals surface area contributed by atoms with Gasteiger partial charge < -0.3 is 4.52 Å². The molecule has 0 saturated carbocycles. The van der Waals surface area contributed by atoms with Crippen molar-refractivity contribution in [2.45, 2.75) is 0 Å². The van der Waals surface area contributed by atoms with Crippen LogP contribution in [0.5, 0.6) is 0 Å². The van der Waals surface area contributed by atoms with Crippen molar-refractivity contribution >= 4 is 12.3 Å². The molecule has 0 aliphatic heterocycles. The van der Waals surface area contributed by atoms with Gasteiger partial charge in [0.1, 0.15) is 0 Å². The Morgan fingerprint density at radius 2 is 2.67 bits per heavy atom. The third kappa shape index (κ3) is 1.06. The highest BCUT2D eigenvalue weighted by atomic mass is 16.6. The summed E-state index contributed by atoms with van der Waals surface area (Å²) in [5.74, 6) is 0.00463. The second-order valence-electron chi connectivity index (χ2n) is 1.30. The van der Waals surface area contributed by atoms with Crippen molar-refractivity contribution in [3.05, 3.63) is 12.3 Å². The van der Waals surface area contributed by atoms with Gasteiger partial charge in [-0.1, -0.05) is 5.16 Å². The van der Waals surface area contributed by atoms with Gasteiger partial charge in [-0.3, -0.25) is 10.0 Å². The third-order valence-corrected chi connectivity index (χ3v) is 0.750. The summed E-state index contributed by atoms with van der Waals surface area (Å²) < 4.78 is 4.38. The van der Waals surface area contributed by atoms with Gasteiger partial charge in [-0.25, -0.2) is 0 Å². The lowest BCUT2D eigenvalue weighted by Gasteiger charge is -1.98. The fourth-order valence-corrected chi connectivity index (χ4v) is 0.379. The minimum absolute atomic E-state index is 0.00463. The molecule has 0 aliphatic rings. The van der Waals surface area contributed by atoms with Crippen molar-refractivity contribution in [3.8, 4) is 0 Å². The average Bonchev–Trinajstić information content (AvgIpc) is 2.37. The van der Waals surface area contributed by atoms with E-state index in [9.17, 15) is 4.79 Å². The summed E-state index contributed by atoms with van der Waals surface area (Å²) in [4.78, 5) is 9.79. The van der Waals surface area contributed by atoms with Crippen molar-refractivity contribution in [2.24, 2.45) is 0 Å². The predicted molar refractivity (Wildman–Crippen MR) is 26.8 cm³/mol. The highest BCUT2D eigenvalue weighted by Gasteiger charge is 2.02. The highest BCUT2D eigenvalue weighted by Crippen LogP contribution is 2.06. The van der Waals surface area contributed by atoms with Gasteiger partial charge in [0.2, 0.25) is 6.41 Å². The van der Waals surface area contributed by atoms with Gasteiger partial charge in [-0.2, -0.15) is 5.06 Å². The van der Waals surface area contributed by atoms with E-state index in [1.165, 1.54) is 12.3 Å². The Labute approximate surface area is 50.4 Å². The van der Waals surface area contributed by atoms with Gasteiger partial charge >= 0.3 is 0 Å². The second kappa shape index (κ2) is 2.27. The number of carbonyl (C=O) groups is 1. The van der Waals surface area contributed by atoms with Crippen molar-refractivity contribution in [2.75, 3.05) is 5.06 Å². The fraction of sp³-hybridized carbons (Fsp3) is 0. The predicted octanol–water partition coefficient (Wildman–Crippen LogP) is 0.0266. The molecule has 0 aliphatic carbocycles. The molecule has 0 saturated heterocycles. The standard InChI is InChI=1S/C4H4N2O3/c7-3-6(8)4-1-2-5-9-4/h1-3,8H. The van der Waals surface area contributed by atoms with E-state index in [4.69, 9.17) is 5.21 Å². The zero-order valence-electron chi connectivity index (χ0n) is 4.39. The lowest BCUT2D eigenvalue weighted by atomic mass is 10.7. The number of rotatable bonds is 2. The number of amides is 1. The van der Waals surface area contributed by atoms with E-state index in [2.05, 4.69) is 9.68 Å². The second-order valence-corrected chi connectivity index (χ2v) is 1.30. The van der Waals surface area contributed by atoms with Gasteiger partial charge in [0, 0.05) is 6.07 Å². The van der Waals surface area contributed by atoms with Gasteiger partial charge in [0.05, 0.1) is 6.20 Å². The minimum Gasteiger partial charge on any atom is -0.336 e. The van der Waals surface area contributed by atoms with E-state index in [0.717, 1.165) is 0 Å². The summed E-state index contributed by atoms with van der Waals surface area (Å²) in [5.41, 5.74) is 0. The maximum absolute atomic E-state index is 9.79. The summed E-state index contributed by atoms with van der Waals surface area (Å²) in [7, 11) is 0. The molecular formula is C4H4N2O3. The number of hydrogen-bond donors (Lipinski definition) is 1. The third-order valence-electron chi connectivity index (χ3n) is 0.750.